The number of likely N-dealkylation sites (N-methyl/N-ethyl adjacent to an activating group) is 1. The summed E-state index contributed by atoms with van der Waals surface area (Å²) in [5.41, 5.74) is 3.41. The van der Waals surface area contributed by atoms with Crippen molar-refractivity contribution in [2.24, 2.45) is 0 Å². The van der Waals surface area contributed by atoms with Crippen molar-refractivity contribution in [1.29, 1.82) is 0 Å². The van der Waals surface area contributed by atoms with Crippen molar-refractivity contribution >= 4 is 0 Å². The van der Waals surface area contributed by atoms with E-state index < -0.39 is 0 Å². The van der Waals surface area contributed by atoms with Crippen LogP contribution in [0.1, 0.15) is 28.5 Å². The fourth-order valence-electron chi connectivity index (χ4n) is 3.58. The summed E-state index contributed by atoms with van der Waals surface area (Å²) in [4.78, 5) is 2.10. The average Bonchev–Trinajstić information content (AvgIpc) is 2.73. The molecule has 1 N–H and O–H groups in total. The van der Waals surface area contributed by atoms with Crippen molar-refractivity contribution in [2.45, 2.75) is 11.8 Å². The van der Waals surface area contributed by atoms with Crippen LogP contribution in [0, 0.1) is 0 Å². The van der Waals surface area contributed by atoms with Crippen LogP contribution in [0.2, 0.25) is 0 Å². The second kappa shape index (κ2) is 9.94. The van der Waals surface area contributed by atoms with Gasteiger partial charge in [-0.3, -0.25) is 0 Å². The third-order valence-electron chi connectivity index (χ3n) is 5.07. The highest BCUT2D eigenvalue weighted by Crippen LogP contribution is 2.40. The van der Waals surface area contributed by atoms with Crippen LogP contribution in [0.15, 0.2) is 91.5 Å². The second-order valence-corrected chi connectivity index (χ2v) is 7.47. The number of benzene rings is 3. The molecule has 0 spiro atoms. The highest BCUT2D eigenvalue weighted by Gasteiger charge is 2.24. The minimum absolute atomic E-state index is 0.0397. The van der Waals surface area contributed by atoms with E-state index in [4.69, 9.17) is 4.74 Å². The summed E-state index contributed by atoms with van der Waals surface area (Å²) >= 11 is 0. The molecule has 3 aromatic rings. The van der Waals surface area contributed by atoms with Crippen LogP contribution in [0.4, 0.5) is 0 Å². The number of phenolic OH excluding ortho intramolecular Hbond substituents is 1. The first kappa shape index (κ1) is 20.7. The Morgan fingerprint density at radius 3 is 2.21 bits per heavy atom. The lowest BCUT2D eigenvalue weighted by Gasteiger charge is -2.26. The molecule has 0 heterocycles. The smallest absolute Gasteiger partial charge is 0.119 e. The van der Waals surface area contributed by atoms with Crippen molar-refractivity contribution in [3.63, 3.8) is 0 Å². The van der Waals surface area contributed by atoms with Crippen molar-refractivity contribution in [2.75, 3.05) is 27.2 Å². The van der Waals surface area contributed by atoms with Crippen LogP contribution in [-0.4, -0.2) is 37.3 Å². The summed E-state index contributed by atoms with van der Waals surface area (Å²) < 4.78 is 5.85. The summed E-state index contributed by atoms with van der Waals surface area (Å²) in [6.45, 7) is 5.64. The molecular weight excluding hydrogens is 358 g/mol. The number of allylic oxidation sites excluding steroid dienone is 1. The van der Waals surface area contributed by atoms with Gasteiger partial charge in [0.05, 0.1) is 0 Å². The predicted molar refractivity (Wildman–Crippen MR) is 120 cm³/mol. The second-order valence-electron chi connectivity index (χ2n) is 7.47. The molecule has 3 aromatic carbocycles. The molecule has 150 valence electrons. The molecule has 3 nitrogen and oxygen atoms in total. The van der Waals surface area contributed by atoms with Crippen molar-refractivity contribution in [3.05, 3.63) is 108 Å². The zero-order valence-electron chi connectivity index (χ0n) is 17.2. The predicted octanol–water partition coefficient (Wildman–Crippen LogP) is 5.43. The van der Waals surface area contributed by atoms with Gasteiger partial charge in [0.1, 0.15) is 18.1 Å². The number of rotatable bonds is 9. The number of aromatic hydroxyl groups is 1. The molecule has 0 bridgehead atoms. The Labute approximate surface area is 173 Å². The van der Waals surface area contributed by atoms with Gasteiger partial charge in [-0.2, -0.15) is 0 Å². The number of hydrogen-bond acceptors (Lipinski definition) is 3. The van der Waals surface area contributed by atoms with Gasteiger partial charge in [0.2, 0.25) is 0 Å². The van der Waals surface area contributed by atoms with Crippen LogP contribution >= 0.6 is 0 Å². The molecule has 0 saturated carbocycles. The molecule has 0 aliphatic rings. The van der Waals surface area contributed by atoms with Gasteiger partial charge in [0, 0.05) is 18.4 Å². The van der Waals surface area contributed by atoms with Crippen LogP contribution in [0.25, 0.3) is 0 Å². The molecule has 29 heavy (non-hydrogen) atoms. The Bertz CT molecular complexity index is 904. The lowest BCUT2D eigenvalue weighted by Crippen LogP contribution is -2.19. The molecule has 2 atom stereocenters. The standard InChI is InChI=1S/C26H29NO2/c1-4-25(20-9-6-5-7-10-20)26(22-11-8-12-23(28)19-22)21-13-15-24(16-14-21)29-18-17-27(2)3/h4-16,19,25-26,28H,1,17-18H2,2-3H3/t25-,26-/m1/s1. The average molecular weight is 388 g/mol. The number of nitrogens with zero attached hydrogens (tertiary/aromatic N) is 1. The van der Waals surface area contributed by atoms with E-state index in [1.165, 1.54) is 5.56 Å². The molecule has 3 rings (SSSR count). The summed E-state index contributed by atoms with van der Waals surface area (Å²) in [7, 11) is 4.07. The van der Waals surface area contributed by atoms with E-state index in [9.17, 15) is 5.11 Å². The van der Waals surface area contributed by atoms with Crippen LogP contribution in [-0.2, 0) is 0 Å². The van der Waals surface area contributed by atoms with E-state index in [1.54, 1.807) is 6.07 Å². The Morgan fingerprint density at radius 2 is 1.59 bits per heavy atom. The Morgan fingerprint density at radius 1 is 0.897 bits per heavy atom. The van der Waals surface area contributed by atoms with E-state index in [0.717, 1.165) is 23.4 Å². The van der Waals surface area contributed by atoms with Gasteiger partial charge in [-0.25, -0.2) is 0 Å². The molecule has 0 saturated heterocycles. The van der Waals surface area contributed by atoms with Crippen LogP contribution < -0.4 is 4.74 Å². The van der Waals surface area contributed by atoms with E-state index in [-0.39, 0.29) is 17.6 Å². The highest BCUT2D eigenvalue weighted by atomic mass is 16.5. The quantitative estimate of drug-likeness (QED) is 0.497. The maximum atomic E-state index is 10.1. The summed E-state index contributed by atoms with van der Waals surface area (Å²) in [6.07, 6.45) is 1.99. The minimum Gasteiger partial charge on any atom is -0.508 e. The lowest BCUT2D eigenvalue weighted by molar-refractivity contribution is 0.261. The fraction of sp³-hybridized carbons (Fsp3) is 0.231. The van der Waals surface area contributed by atoms with Gasteiger partial charge in [-0.15, -0.1) is 6.58 Å². The summed E-state index contributed by atoms with van der Waals surface area (Å²) in [6, 6.07) is 26.1. The maximum Gasteiger partial charge on any atom is 0.119 e. The van der Waals surface area contributed by atoms with E-state index in [2.05, 4.69) is 41.8 Å². The van der Waals surface area contributed by atoms with E-state index >= 15 is 0 Å². The van der Waals surface area contributed by atoms with Gasteiger partial charge >= 0.3 is 0 Å². The lowest BCUT2D eigenvalue weighted by atomic mass is 9.77. The molecular formula is C26H29NO2. The molecule has 0 amide bonds. The molecule has 0 radical (unpaired) electrons. The normalized spacial score (nSPS) is 13.1. The zero-order chi connectivity index (χ0) is 20.6. The third-order valence-corrected chi connectivity index (χ3v) is 5.07. The summed E-state index contributed by atoms with van der Waals surface area (Å²) in [5, 5.41) is 10.1. The number of ether oxygens (including phenoxy) is 1. The highest BCUT2D eigenvalue weighted by molar-refractivity contribution is 5.44. The number of hydrogen-bond donors (Lipinski definition) is 1. The molecule has 3 heteroatoms. The van der Waals surface area contributed by atoms with Crippen molar-refractivity contribution in [3.8, 4) is 11.5 Å². The molecule has 0 aliphatic carbocycles. The maximum absolute atomic E-state index is 10.1. The fourth-order valence-corrected chi connectivity index (χ4v) is 3.58. The molecule has 0 aromatic heterocycles. The van der Waals surface area contributed by atoms with Crippen LogP contribution in [0.5, 0.6) is 11.5 Å². The Balaban J connectivity index is 1.94. The molecule has 0 unspecified atom stereocenters. The minimum atomic E-state index is 0.0397. The van der Waals surface area contributed by atoms with Gasteiger partial charge in [0.25, 0.3) is 0 Å². The van der Waals surface area contributed by atoms with Gasteiger partial charge in [-0.05, 0) is 55.1 Å². The topological polar surface area (TPSA) is 32.7 Å². The van der Waals surface area contributed by atoms with Gasteiger partial charge < -0.3 is 14.7 Å². The molecule has 0 aliphatic heterocycles. The Hall–Kier alpha value is -3.04. The SMILES string of the molecule is C=C[C@H](c1ccccc1)[C@H](c1ccc(OCCN(C)C)cc1)c1cccc(O)c1. The third kappa shape index (κ3) is 5.49. The van der Waals surface area contributed by atoms with Crippen molar-refractivity contribution < 1.29 is 9.84 Å². The largest absolute Gasteiger partial charge is 0.508 e. The zero-order valence-corrected chi connectivity index (χ0v) is 17.2. The van der Waals surface area contributed by atoms with E-state index in [1.807, 2.05) is 62.6 Å². The first-order valence-corrected chi connectivity index (χ1v) is 9.92. The van der Waals surface area contributed by atoms with Crippen LogP contribution in [0.3, 0.4) is 0 Å². The first-order valence-electron chi connectivity index (χ1n) is 9.92. The summed E-state index contributed by atoms with van der Waals surface area (Å²) in [5.74, 6) is 1.25. The van der Waals surface area contributed by atoms with Gasteiger partial charge in [0.15, 0.2) is 0 Å². The first-order chi connectivity index (χ1) is 14.1. The number of phenols is 1. The van der Waals surface area contributed by atoms with E-state index in [0.29, 0.717) is 6.61 Å². The monoisotopic (exact) mass is 387 g/mol. The van der Waals surface area contributed by atoms with Gasteiger partial charge in [-0.1, -0.05) is 60.7 Å². The van der Waals surface area contributed by atoms with Crippen molar-refractivity contribution in [1.82, 2.24) is 4.90 Å². The Kier molecular flexibility index (Phi) is 7.09. The molecule has 0 fully saturated rings.